The van der Waals surface area contributed by atoms with E-state index in [1.807, 2.05) is 31.2 Å². The molecule has 0 fully saturated rings. The normalized spacial score (nSPS) is 14.8. The van der Waals surface area contributed by atoms with Gasteiger partial charge in [-0.05, 0) is 36.1 Å². The van der Waals surface area contributed by atoms with Crippen molar-refractivity contribution in [3.63, 3.8) is 0 Å². The SMILES string of the molecule is Cc1ccc(/C=N/n2c(=O)c(C3=NS(=O)(=O)c4ccccc4N3)c(O)c3sccc32)cc1. The molecule has 0 atom stereocenters. The number of amidine groups is 1. The molecule has 5 rings (SSSR count). The molecule has 0 unspecified atom stereocenters. The van der Waals surface area contributed by atoms with E-state index in [2.05, 4.69) is 14.8 Å². The second-order valence-corrected chi connectivity index (χ2v) is 9.66. The van der Waals surface area contributed by atoms with E-state index in [0.717, 1.165) is 15.8 Å². The maximum absolute atomic E-state index is 13.4. The third-order valence-electron chi connectivity index (χ3n) is 5.00. The minimum absolute atomic E-state index is 0.00170. The number of aromatic hydroxyl groups is 1. The van der Waals surface area contributed by atoms with Crippen LogP contribution in [0.1, 0.15) is 16.7 Å². The second kappa shape index (κ2) is 7.43. The van der Waals surface area contributed by atoms with E-state index in [-0.39, 0.29) is 27.7 Å². The zero-order valence-corrected chi connectivity index (χ0v) is 18.3. The lowest BCUT2D eigenvalue weighted by Gasteiger charge is -2.19. The van der Waals surface area contributed by atoms with Crippen molar-refractivity contribution in [2.24, 2.45) is 9.50 Å². The summed E-state index contributed by atoms with van der Waals surface area (Å²) < 4.78 is 30.6. The van der Waals surface area contributed by atoms with Crippen LogP contribution in [0.5, 0.6) is 5.75 Å². The molecule has 0 amide bonds. The molecule has 10 heteroatoms. The van der Waals surface area contributed by atoms with Crippen LogP contribution in [-0.4, -0.2) is 30.3 Å². The molecule has 0 aliphatic carbocycles. The molecule has 1 aliphatic heterocycles. The van der Waals surface area contributed by atoms with Gasteiger partial charge in [0.05, 0.1) is 22.1 Å². The number of sulfonamides is 1. The number of benzene rings is 2. The predicted molar refractivity (Wildman–Crippen MR) is 126 cm³/mol. The molecule has 0 spiro atoms. The van der Waals surface area contributed by atoms with Gasteiger partial charge in [-0.2, -0.15) is 18.2 Å². The number of aryl methyl sites for hydroxylation is 1. The standard InChI is InChI=1S/C22H16N4O4S2/c1-13-6-8-14(9-7-13)12-23-26-16-10-11-31-20(16)19(27)18(22(26)28)21-24-15-4-2-3-5-17(15)32(29,30)25-21/h2-12,27H,1H3,(H,24,25)/b23-12+. The summed E-state index contributed by atoms with van der Waals surface area (Å²) in [6, 6.07) is 15.5. The van der Waals surface area contributed by atoms with Crippen LogP contribution in [0.4, 0.5) is 5.69 Å². The molecule has 160 valence electrons. The largest absolute Gasteiger partial charge is 0.505 e. The third kappa shape index (κ3) is 3.29. The Morgan fingerprint density at radius 3 is 2.66 bits per heavy atom. The van der Waals surface area contributed by atoms with Gasteiger partial charge in [-0.3, -0.25) is 4.79 Å². The highest BCUT2D eigenvalue weighted by Gasteiger charge is 2.30. The van der Waals surface area contributed by atoms with Crippen LogP contribution in [0.15, 0.2) is 79.2 Å². The van der Waals surface area contributed by atoms with Gasteiger partial charge < -0.3 is 10.4 Å². The first-order chi connectivity index (χ1) is 15.3. The molecular formula is C22H16N4O4S2. The maximum Gasteiger partial charge on any atom is 0.286 e. The highest BCUT2D eigenvalue weighted by atomic mass is 32.2. The van der Waals surface area contributed by atoms with Gasteiger partial charge in [-0.1, -0.05) is 42.0 Å². The Hall–Kier alpha value is -3.76. The van der Waals surface area contributed by atoms with Crippen molar-refractivity contribution in [3.05, 3.63) is 87.0 Å². The van der Waals surface area contributed by atoms with Gasteiger partial charge in [0, 0.05) is 0 Å². The van der Waals surface area contributed by atoms with Crippen molar-refractivity contribution in [2.45, 2.75) is 11.8 Å². The number of nitrogens with one attached hydrogen (secondary N) is 1. The summed E-state index contributed by atoms with van der Waals surface area (Å²) in [7, 11) is -4.05. The van der Waals surface area contributed by atoms with Gasteiger partial charge in [-0.15, -0.1) is 15.7 Å². The molecule has 0 bridgehead atoms. The van der Waals surface area contributed by atoms with Gasteiger partial charge in [0.1, 0.15) is 10.5 Å². The van der Waals surface area contributed by atoms with Crippen LogP contribution in [0.3, 0.4) is 0 Å². The van der Waals surface area contributed by atoms with Crippen molar-refractivity contribution in [3.8, 4) is 5.75 Å². The van der Waals surface area contributed by atoms with Gasteiger partial charge in [-0.25, -0.2) is 0 Å². The lowest BCUT2D eigenvalue weighted by Crippen LogP contribution is -2.31. The third-order valence-corrected chi connectivity index (χ3v) is 7.24. The first-order valence-corrected chi connectivity index (χ1v) is 11.8. The molecule has 4 aromatic rings. The minimum atomic E-state index is -4.05. The summed E-state index contributed by atoms with van der Waals surface area (Å²) in [5.74, 6) is -0.594. The fourth-order valence-corrected chi connectivity index (χ4v) is 5.35. The summed E-state index contributed by atoms with van der Waals surface area (Å²) in [5.41, 5.74) is 1.60. The van der Waals surface area contributed by atoms with Crippen molar-refractivity contribution in [1.29, 1.82) is 0 Å². The minimum Gasteiger partial charge on any atom is -0.505 e. The van der Waals surface area contributed by atoms with Crippen LogP contribution >= 0.6 is 11.3 Å². The Bertz CT molecular complexity index is 1600. The van der Waals surface area contributed by atoms with Crippen LogP contribution in [0.2, 0.25) is 0 Å². The van der Waals surface area contributed by atoms with E-state index < -0.39 is 15.6 Å². The molecule has 8 nitrogen and oxygen atoms in total. The number of thiophene rings is 1. The number of pyridine rings is 1. The fourth-order valence-electron chi connectivity index (χ4n) is 3.40. The number of anilines is 1. The quantitative estimate of drug-likeness (QED) is 0.451. The summed E-state index contributed by atoms with van der Waals surface area (Å²) in [5, 5.41) is 19.8. The Kier molecular flexibility index (Phi) is 4.68. The first kappa shape index (κ1) is 20.2. The molecule has 0 saturated heterocycles. The molecule has 2 aromatic carbocycles. The number of hydrogen-bond donors (Lipinski definition) is 2. The average Bonchev–Trinajstić information content (AvgIpc) is 3.25. The van der Waals surface area contributed by atoms with Gasteiger partial charge in [0.15, 0.2) is 11.6 Å². The van der Waals surface area contributed by atoms with Crippen molar-refractivity contribution in [2.75, 3.05) is 5.32 Å². The van der Waals surface area contributed by atoms with E-state index in [1.54, 1.807) is 29.6 Å². The van der Waals surface area contributed by atoms with Gasteiger partial charge in [0.25, 0.3) is 15.6 Å². The van der Waals surface area contributed by atoms with Crippen molar-refractivity contribution >= 4 is 49.3 Å². The van der Waals surface area contributed by atoms with E-state index in [9.17, 15) is 18.3 Å². The molecular weight excluding hydrogens is 448 g/mol. The first-order valence-electron chi connectivity index (χ1n) is 9.53. The number of rotatable bonds is 3. The Morgan fingerprint density at radius 2 is 1.88 bits per heavy atom. The second-order valence-electron chi connectivity index (χ2n) is 7.17. The summed E-state index contributed by atoms with van der Waals surface area (Å²) in [6.45, 7) is 1.97. The molecule has 32 heavy (non-hydrogen) atoms. The maximum atomic E-state index is 13.4. The number of hydrogen-bond acceptors (Lipinski definition) is 7. The molecule has 3 heterocycles. The fraction of sp³-hybridized carbons (Fsp3) is 0.0455. The van der Waals surface area contributed by atoms with E-state index >= 15 is 0 Å². The highest BCUT2D eigenvalue weighted by Crippen LogP contribution is 2.34. The van der Waals surface area contributed by atoms with E-state index in [1.165, 1.54) is 23.6 Å². The predicted octanol–water partition coefficient (Wildman–Crippen LogP) is 3.52. The highest BCUT2D eigenvalue weighted by molar-refractivity contribution is 7.90. The average molecular weight is 465 g/mol. The Labute approximate surface area is 186 Å². The van der Waals surface area contributed by atoms with Crippen molar-refractivity contribution < 1.29 is 13.5 Å². The number of nitrogens with zero attached hydrogens (tertiary/aromatic N) is 3. The number of fused-ring (bicyclic) bond motifs is 2. The van der Waals surface area contributed by atoms with E-state index in [0.29, 0.717) is 10.2 Å². The van der Waals surface area contributed by atoms with Gasteiger partial charge >= 0.3 is 0 Å². The summed E-state index contributed by atoms with van der Waals surface area (Å²) in [4.78, 5) is 13.4. The van der Waals surface area contributed by atoms with Crippen LogP contribution in [0, 0.1) is 6.92 Å². The smallest absolute Gasteiger partial charge is 0.286 e. The lowest BCUT2D eigenvalue weighted by molar-refractivity contribution is 0.479. The summed E-state index contributed by atoms with van der Waals surface area (Å²) in [6.07, 6.45) is 1.53. The Morgan fingerprint density at radius 1 is 1.12 bits per heavy atom. The monoisotopic (exact) mass is 464 g/mol. The summed E-state index contributed by atoms with van der Waals surface area (Å²) >= 11 is 1.21. The molecule has 0 radical (unpaired) electrons. The van der Waals surface area contributed by atoms with Crippen LogP contribution in [0.25, 0.3) is 10.2 Å². The molecule has 2 aromatic heterocycles. The molecule has 0 saturated carbocycles. The Balaban J connectivity index is 1.71. The number of aromatic nitrogens is 1. The van der Waals surface area contributed by atoms with Crippen molar-refractivity contribution in [1.82, 2.24) is 4.68 Å². The zero-order chi connectivity index (χ0) is 22.5. The van der Waals surface area contributed by atoms with E-state index in [4.69, 9.17) is 0 Å². The number of para-hydroxylation sites is 1. The molecule has 1 aliphatic rings. The van der Waals surface area contributed by atoms with Gasteiger partial charge in [0.2, 0.25) is 0 Å². The molecule has 2 N–H and O–H groups in total. The lowest BCUT2D eigenvalue weighted by atomic mass is 10.2. The zero-order valence-electron chi connectivity index (χ0n) is 16.7. The van der Waals surface area contributed by atoms with Crippen LogP contribution < -0.4 is 10.9 Å². The topological polar surface area (TPSA) is 113 Å². The van der Waals surface area contributed by atoms with Crippen LogP contribution in [-0.2, 0) is 10.0 Å².